The van der Waals surface area contributed by atoms with Crippen molar-refractivity contribution in [1.82, 2.24) is 40.0 Å². The van der Waals surface area contributed by atoms with Gasteiger partial charge in [-0.05, 0) is 53.2 Å². The van der Waals surface area contributed by atoms with Crippen molar-refractivity contribution in [3.8, 4) is 28.7 Å². The molecule has 0 saturated carbocycles. The number of ether oxygens (including phenoxy) is 3. The number of anilines is 2. The lowest BCUT2D eigenvalue weighted by Crippen LogP contribution is -2.73. The van der Waals surface area contributed by atoms with E-state index in [4.69, 9.17) is 14.2 Å². The molecular weight excluding hydrogens is 592 g/mol. The first-order valence-corrected chi connectivity index (χ1v) is 14.5. The molecule has 2 aliphatic rings. The van der Waals surface area contributed by atoms with E-state index in [-0.39, 0.29) is 29.9 Å². The highest BCUT2D eigenvalue weighted by molar-refractivity contribution is 5.96. The molecule has 1 atom stereocenters. The fraction of sp³-hybridized carbons (Fsp3) is 0.355. The predicted molar refractivity (Wildman–Crippen MR) is 163 cm³/mol. The molecule has 0 radical (unpaired) electrons. The van der Waals surface area contributed by atoms with Gasteiger partial charge in [-0.3, -0.25) is 9.59 Å². The van der Waals surface area contributed by atoms with Gasteiger partial charge >= 0.3 is 0 Å². The molecule has 6 rings (SSSR count). The number of rotatable bonds is 11. The molecule has 15 heteroatoms. The van der Waals surface area contributed by atoms with E-state index >= 15 is 0 Å². The zero-order valence-electron chi connectivity index (χ0n) is 25.6. The molecule has 2 aromatic carbocycles. The summed E-state index contributed by atoms with van der Waals surface area (Å²) in [7, 11) is 3.04. The Bertz CT molecular complexity index is 1760. The van der Waals surface area contributed by atoms with E-state index < -0.39 is 0 Å². The van der Waals surface area contributed by atoms with Crippen molar-refractivity contribution < 1.29 is 23.8 Å². The van der Waals surface area contributed by atoms with Crippen LogP contribution in [0.3, 0.4) is 0 Å². The van der Waals surface area contributed by atoms with Crippen LogP contribution in [0, 0.1) is 16.7 Å². The van der Waals surface area contributed by atoms with E-state index in [1.165, 1.54) is 20.5 Å². The van der Waals surface area contributed by atoms with Crippen LogP contribution in [0.4, 0.5) is 11.6 Å². The summed E-state index contributed by atoms with van der Waals surface area (Å²) < 4.78 is 18.1. The van der Waals surface area contributed by atoms with Crippen molar-refractivity contribution >= 4 is 23.5 Å². The second-order valence-electron chi connectivity index (χ2n) is 11.5. The Morgan fingerprint density at radius 2 is 1.78 bits per heavy atom. The standard InChI is InChI=1S/C31H32N10O5/c1-20(13-41-19-35-37-38-41)46-26-8-21(4-5-23(26)10-32)24-11-33-30(34-12-24)36-25-7-6-22(9-27(25)45-3)29(43)40-17-31(18-40)15-39(16-31)28(42)14-44-2/h4-9,11-12,19-20H,13-18H2,1-3H3,(H,33,34,36)/t20-/m0/s1. The lowest BCUT2D eigenvalue weighted by molar-refractivity contribution is -0.158. The smallest absolute Gasteiger partial charge is 0.254 e. The van der Waals surface area contributed by atoms with Crippen LogP contribution in [0.2, 0.25) is 0 Å². The molecule has 2 aliphatic heterocycles. The number of hydrogen-bond donors (Lipinski definition) is 1. The Hall–Kier alpha value is -5.62. The van der Waals surface area contributed by atoms with Gasteiger partial charge in [-0.2, -0.15) is 5.26 Å². The van der Waals surface area contributed by atoms with E-state index in [0.29, 0.717) is 67.0 Å². The molecule has 2 amide bonds. The predicted octanol–water partition coefficient (Wildman–Crippen LogP) is 2.15. The minimum absolute atomic E-state index is 0.0184. The van der Waals surface area contributed by atoms with Crippen LogP contribution in [-0.2, 0) is 16.1 Å². The number of nitrogens with one attached hydrogen (secondary N) is 1. The Kier molecular flexibility index (Phi) is 8.45. The van der Waals surface area contributed by atoms with Gasteiger partial charge in [0.2, 0.25) is 11.9 Å². The summed E-state index contributed by atoms with van der Waals surface area (Å²) in [4.78, 5) is 37.6. The maximum Gasteiger partial charge on any atom is 0.254 e. The van der Waals surface area contributed by atoms with Crippen LogP contribution >= 0.6 is 0 Å². The highest BCUT2D eigenvalue weighted by atomic mass is 16.5. The topological polar surface area (TPSA) is 174 Å². The average Bonchev–Trinajstić information content (AvgIpc) is 3.53. The Labute approximate surface area is 264 Å². The van der Waals surface area contributed by atoms with Crippen molar-refractivity contribution in [2.45, 2.75) is 19.6 Å². The van der Waals surface area contributed by atoms with Gasteiger partial charge in [0.1, 0.15) is 36.6 Å². The Morgan fingerprint density at radius 1 is 1.02 bits per heavy atom. The van der Waals surface area contributed by atoms with Crippen LogP contribution < -0.4 is 14.8 Å². The zero-order chi connectivity index (χ0) is 32.3. The Morgan fingerprint density at radius 3 is 2.46 bits per heavy atom. The van der Waals surface area contributed by atoms with Gasteiger partial charge in [-0.25, -0.2) is 14.6 Å². The van der Waals surface area contributed by atoms with E-state index in [9.17, 15) is 14.9 Å². The fourth-order valence-electron chi connectivity index (χ4n) is 5.71. The number of hydrogen-bond acceptors (Lipinski definition) is 12. The number of nitrogens with zero attached hydrogens (tertiary/aromatic N) is 9. The normalized spacial score (nSPS) is 15.3. The maximum absolute atomic E-state index is 13.2. The molecule has 0 bridgehead atoms. The summed E-state index contributed by atoms with van der Waals surface area (Å²) in [6.45, 7) is 4.87. The molecule has 0 unspecified atom stereocenters. The second-order valence-corrected chi connectivity index (χ2v) is 11.5. The lowest BCUT2D eigenvalue weighted by atomic mass is 9.72. The van der Waals surface area contributed by atoms with E-state index in [1.54, 1.807) is 57.2 Å². The van der Waals surface area contributed by atoms with Gasteiger partial charge in [-0.15, -0.1) is 5.10 Å². The number of nitriles is 1. The number of tetrazole rings is 1. The van der Waals surface area contributed by atoms with Crippen molar-refractivity contribution in [2.75, 3.05) is 52.3 Å². The maximum atomic E-state index is 13.2. The summed E-state index contributed by atoms with van der Waals surface area (Å²) in [6.07, 6.45) is 4.54. The summed E-state index contributed by atoms with van der Waals surface area (Å²) in [5.74, 6) is 1.12. The Balaban J connectivity index is 1.08. The van der Waals surface area contributed by atoms with Gasteiger partial charge in [-0.1, -0.05) is 6.07 Å². The molecule has 2 aromatic heterocycles. The minimum atomic E-state index is -0.292. The van der Waals surface area contributed by atoms with Gasteiger partial charge < -0.3 is 29.3 Å². The van der Waals surface area contributed by atoms with Crippen LogP contribution in [-0.4, -0.2) is 105 Å². The molecule has 4 heterocycles. The summed E-state index contributed by atoms with van der Waals surface area (Å²) in [5, 5.41) is 23.8. The lowest BCUT2D eigenvalue weighted by Gasteiger charge is -2.60. The summed E-state index contributed by atoms with van der Waals surface area (Å²) in [6, 6.07) is 12.6. The van der Waals surface area contributed by atoms with Gasteiger partial charge in [0.25, 0.3) is 5.91 Å². The fourth-order valence-corrected chi connectivity index (χ4v) is 5.71. The molecular formula is C31H32N10O5. The van der Waals surface area contributed by atoms with Gasteiger partial charge in [0.15, 0.2) is 0 Å². The number of methoxy groups -OCH3 is 2. The number of likely N-dealkylation sites (tertiary alicyclic amines) is 2. The minimum Gasteiger partial charge on any atom is -0.495 e. The molecule has 0 aliphatic carbocycles. The summed E-state index contributed by atoms with van der Waals surface area (Å²) in [5.41, 5.74) is 2.99. The zero-order valence-corrected chi connectivity index (χ0v) is 25.6. The van der Waals surface area contributed by atoms with E-state index in [0.717, 1.165) is 11.1 Å². The largest absolute Gasteiger partial charge is 0.495 e. The van der Waals surface area contributed by atoms with Crippen molar-refractivity contribution in [3.63, 3.8) is 0 Å². The summed E-state index contributed by atoms with van der Waals surface area (Å²) >= 11 is 0. The molecule has 15 nitrogen and oxygen atoms in total. The molecule has 46 heavy (non-hydrogen) atoms. The molecule has 1 N–H and O–H groups in total. The SMILES string of the molecule is COCC(=O)N1CC2(C1)CN(C(=O)c1ccc(Nc3ncc(-c4ccc(C#N)c(O[C@@H](C)Cn5cnnn5)c4)cn3)c(OC)c1)C2. The third kappa shape index (κ3) is 6.28. The van der Waals surface area contributed by atoms with Crippen LogP contribution in [0.1, 0.15) is 22.8 Å². The van der Waals surface area contributed by atoms with Gasteiger partial charge in [0.05, 0.1) is 24.9 Å². The third-order valence-corrected chi connectivity index (χ3v) is 7.96. The van der Waals surface area contributed by atoms with Crippen molar-refractivity contribution in [3.05, 3.63) is 66.2 Å². The van der Waals surface area contributed by atoms with Crippen LogP contribution in [0.5, 0.6) is 11.5 Å². The molecule has 1 spiro atoms. The first kappa shape index (κ1) is 30.4. The quantitative estimate of drug-likeness (QED) is 0.258. The average molecular weight is 625 g/mol. The molecule has 2 fully saturated rings. The highest BCUT2D eigenvalue weighted by Gasteiger charge is 2.54. The monoisotopic (exact) mass is 624 g/mol. The number of carbonyl (C=O) groups excluding carboxylic acids is 2. The van der Waals surface area contributed by atoms with Gasteiger partial charge in [0, 0.05) is 62.2 Å². The number of carbonyl (C=O) groups is 2. The second kappa shape index (κ2) is 12.8. The molecule has 2 saturated heterocycles. The first-order chi connectivity index (χ1) is 22.3. The molecule has 236 valence electrons. The number of amides is 2. The third-order valence-electron chi connectivity index (χ3n) is 7.96. The highest BCUT2D eigenvalue weighted by Crippen LogP contribution is 2.40. The first-order valence-electron chi connectivity index (χ1n) is 14.5. The molecule has 4 aromatic rings. The van der Waals surface area contributed by atoms with Crippen molar-refractivity contribution in [1.29, 1.82) is 5.26 Å². The van der Waals surface area contributed by atoms with Crippen molar-refractivity contribution in [2.24, 2.45) is 5.41 Å². The van der Waals surface area contributed by atoms with E-state index in [2.05, 4.69) is 36.9 Å². The van der Waals surface area contributed by atoms with Crippen LogP contribution in [0.15, 0.2) is 55.1 Å². The van der Waals surface area contributed by atoms with Crippen LogP contribution in [0.25, 0.3) is 11.1 Å². The number of benzene rings is 2. The number of aromatic nitrogens is 6. The van der Waals surface area contributed by atoms with E-state index in [1.807, 2.05) is 13.0 Å².